The number of non-ortho nitro benzene ring substituents is 1. The van der Waals surface area contributed by atoms with Gasteiger partial charge in [0.25, 0.3) is 5.69 Å². The molecule has 0 amide bonds. The molecule has 27 heavy (non-hydrogen) atoms. The average Bonchev–Trinajstić information content (AvgIpc) is 2.70. The van der Waals surface area contributed by atoms with Crippen LogP contribution in [0.3, 0.4) is 0 Å². The maximum atomic E-state index is 12.1. The van der Waals surface area contributed by atoms with Crippen molar-refractivity contribution in [3.63, 3.8) is 0 Å². The lowest BCUT2D eigenvalue weighted by atomic mass is 10.0. The number of ether oxygens (including phenoxy) is 2. The largest absolute Gasteiger partial charge is 0.465 e. The van der Waals surface area contributed by atoms with Crippen molar-refractivity contribution in [2.75, 3.05) is 7.11 Å². The van der Waals surface area contributed by atoms with Crippen LogP contribution in [0.15, 0.2) is 60.7 Å². The third-order valence-corrected chi connectivity index (χ3v) is 4.01. The Bertz CT molecular complexity index is 1030. The molecule has 0 radical (unpaired) electrons. The van der Waals surface area contributed by atoms with Gasteiger partial charge in [-0.25, -0.2) is 9.59 Å². The lowest BCUT2D eigenvalue weighted by molar-refractivity contribution is -0.384. The number of benzene rings is 3. The molecule has 0 aliphatic heterocycles. The van der Waals surface area contributed by atoms with E-state index in [9.17, 15) is 19.7 Å². The highest BCUT2D eigenvalue weighted by atomic mass is 16.6. The summed E-state index contributed by atoms with van der Waals surface area (Å²) in [5.41, 5.74) is 1.39. The summed E-state index contributed by atoms with van der Waals surface area (Å²) in [6.45, 7) is 0.0600. The first-order chi connectivity index (χ1) is 13.0. The topological polar surface area (TPSA) is 95.7 Å². The number of hydrogen-bond donors (Lipinski definition) is 0. The number of nitro benzene ring substituents is 1. The van der Waals surface area contributed by atoms with Crippen LogP contribution < -0.4 is 0 Å². The fourth-order valence-corrected chi connectivity index (χ4v) is 2.58. The second-order valence-corrected chi connectivity index (χ2v) is 5.77. The first-order valence-corrected chi connectivity index (χ1v) is 8.00. The Labute approximate surface area is 154 Å². The van der Waals surface area contributed by atoms with Crippen molar-refractivity contribution in [3.8, 4) is 0 Å². The number of carbonyl (C=O) groups is 2. The molecular formula is C20H15NO6. The van der Waals surface area contributed by atoms with Crippen LogP contribution in [0.5, 0.6) is 0 Å². The van der Waals surface area contributed by atoms with Crippen LogP contribution in [-0.4, -0.2) is 24.0 Å². The number of nitrogens with zero attached hydrogens (tertiary/aromatic N) is 1. The van der Waals surface area contributed by atoms with Gasteiger partial charge in [-0.15, -0.1) is 0 Å². The zero-order chi connectivity index (χ0) is 19.4. The molecule has 3 aromatic rings. The van der Waals surface area contributed by atoms with Crippen molar-refractivity contribution < 1.29 is 24.0 Å². The second-order valence-electron chi connectivity index (χ2n) is 5.77. The van der Waals surface area contributed by atoms with Crippen molar-refractivity contribution >= 4 is 28.4 Å². The summed E-state index contributed by atoms with van der Waals surface area (Å²) in [7, 11) is 1.33. The van der Waals surface area contributed by atoms with Crippen molar-refractivity contribution in [1.29, 1.82) is 0 Å². The van der Waals surface area contributed by atoms with Crippen LogP contribution in [0, 0.1) is 10.1 Å². The monoisotopic (exact) mass is 365 g/mol. The summed E-state index contributed by atoms with van der Waals surface area (Å²) >= 11 is 0. The fraction of sp³-hybridized carbons (Fsp3) is 0.100. The molecule has 0 heterocycles. The van der Waals surface area contributed by atoms with E-state index in [0.717, 1.165) is 16.3 Å². The van der Waals surface area contributed by atoms with Crippen LogP contribution in [0.4, 0.5) is 5.69 Å². The highest BCUT2D eigenvalue weighted by molar-refractivity contribution is 5.95. The number of carbonyl (C=O) groups excluding carboxylic acids is 2. The molecule has 0 aliphatic rings. The second kappa shape index (κ2) is 7.65. The van der Waals surface area contributed by atoms with E-state index in [2.05, 4.69) is 0 Å². The first-order valence-electron chi connectivity index (χ1n) is 8.00. The minimum atomic E-state index is -0.564. The SMILES string of the molecule is COC(=O)c1ccc2cc(COC(=O)c3ccc([N+](=O)[O-])cc3)ccc2c1. The lowest BCUT2D eigenvalue weighted by Gasteiger charge is -2.07. The Morgan fingerprint density at radius 2 is 1.52 bits per heavy atom. The molecule has 0 saturated carbocycles. The molecule has 0 unspecified atom stereocenters. The van der Waals surface area contributed by atoms with E-state index >= 15 is 0 Å². The Balaban J connectivity index is 1.70. The third-order valence-electron chi connectivity index (χ3n) is 4.01. The van der Waals surface area contributed by atoms with Gasteiger partial charge >= 0.3 is 11.9 Å². The van der Waals surface area contributed by atoms with Crippen LogP contribution in [-0.2, 0) is 16.1 Å². The van der Waals surface area contributed by atoms with Gasteiger partial charge in [0.15, 0.2) is 0 Å². The first kappa shape index (κ1) is 18.1. The quantitative estimate of drug-likeness (QED) is 0.387. The normalized spacial score (nSPS) is 10.4. The minimum Gasteiger partial charge on any atom is -0.465 e. The molecule has 0 saturated heterocycles. The maximum absolute atomic E-state index is 12.1. The van der Waals surface area contributed by atoms with Gasteiger partial charge in [-0.3, -0.25) is 10.1 Å². The van der Waals surface area contributed by atoms with Crippen molar-refractivity contribution in [2.45, 2.75) is 6.61 Å². The Morgan fingerprint density at radius 1 is 0.889 bits per heavy atom. The van der Waals surface area contributed by atoms with Gasteiger partial charge < -0.3 is 9.47 Å². The molecule has 3 aromatic carbocycles. The van der Waals surface area contributed by atoms with Crippen LogP contribution in [0.1, 0.15) is 26.3 Å². The Kier molecular flexibility index (Phi) is 5.12. The average molecular weight is 365 g/mol. The molecule has 3 rings (SSSR count). The standard InChI is InChI=1S/C20H15NO6/c1-26-19(22)17-5-4-15-10-13(2-3-16(15)11-17)12-27-20(23)14-6-8-18(9-7-14)21(24)25/h2-11H,12H2,1H3. The fourth-order valence-electron chi connectivity index (χ4n) is 2.58. The summed E-state index contributed by atoms with van der Waals surface area (Å²) < 4.78 is 9.96. The lowest BCUT2D eigenvalue weighted by Crippen LogP contribution is -2.05. The molecule has 0 fully saturated rings. The van der Waals surface area contributed by atoms with E-state index in [1.807, 2.05) is 12.1 Å². The summed E-state index contributed by atoms with van der Waals surface area (Å²) in [5.74, 6) is -0.968. The predicted molar refractivity (Wildman–Crippen MR) is 97.5 cm³/mol. The summed E-state index contributed by atoms with van der Waals surface area (Å²) in [5, 5.41) is 12.4. The van der Waals surface area contributed by atoms with Crippen molar-refractivity contribution in [2.24, 2.45) is 0 Å². The van der Waals surface area contributed by atoms with E-state index in [1.54, 1.807) is 24.3 Å². The van der Waals surface area contributed by atoms with Gasteiger partial charge in [-0.2, -0.15) is 0 Å². The number of hydrogen-bond acceptors (Lipinski definition) is 6. The number of methoxy groups -OCH3 is 1. The maximum Gasteiger partial charge on any atom is 0.338 e. The molecule has 0 N–H and O–H groups in total. The van der Waals surface area contributed by atoms with Crippen molar-refractivity contribution in [3.05, 3.63) is 87.5 Å². The van der Waals surface area contributed by atoms with E-state index in [0.29, 0.717) is 5.56 Å². The molecule has 0 aromatic heterocycles. The van der Waals surface area contributed by atoms with Gasteiger partial charge in [-0.05, 0) is 46.7 Å². The summed E-state index contributed by atoms with van der Waals surface area (Å²) in [6, 6.07) is 15.9. The Hall–Kier alpha value is -3.74. The predicted octanol–water partition coefficient (Wildman–Crippen LogP) is 3.89. The van der Waals surface area contributed by atoms with E-state index in [-0.39, 0.29) is 17.9 Å². The summed E-state index contributed by atoms with van der Waals surface area (Å²) in [4.78, 5) is 33.8. The van der Waals surface area contributed by atoms with Gasteiger partial charge in [0.2, 0.25) is 0 Å². The molecular weight excluding hydrogens is 350 g/mol. The number of rotatable bonds is 5. The van der Waals surface area contributed by atoms with Gasteiger partial charge in [-0.1, -0.05) is 18.2 Å². The van der Waals surface area contributed by atoms with Crippen LogP contribution in [0.25, 0.3) is 10.8 Å². The highest BCUT2D eigenvalue weighted by Crippen LogP contribution is 2.20. The Morgan fingerprint density at radius 3 is 2.19 bits per heavy atom. The molecule has 0 atom stereocenters. The number of esters is 2. The zero-order valence-corrected chi connectivity index (χ0v) is 14.4. The minimum absolute atomic E-state index is 0.0600. The van der Waals surface area contributed by atoms with E-state index in [1.165, 1.54) is 31.4 Å². The third kappa shape index (κ3) is 4.09. The van der Waals surface area contributed by atoms with Gasteiger partial charge in [0.05, 0.1) is 23.2 Å². The molecule has 0 aliphatic carbocycles. The molecule has 7 heteroatoms. The smallest absolute Gasteiger partial charge is 0.338 e. The number of nitro groups is 1. The van der Waals surface area contributed by atoms with Crippen LogP contribution >= 0.6 is 0 Å². The number of fused-ring (bicyclic) bond motifs is 1. The molecule has 7 nitrogen and oxygen atoms in total. The molecule has 0 bridgehead atoms. The van der Waals surface area contributed by atoms with Crippen molar-refractivity contribution in [1.82, 2.24) is 0 Å². The summed E-state index contributed by atoms with van der Waals surface area (Å²) in [6.07, 6.45) is 0. The van der Waals surface area contributed by atoms with E-state index in [4.69, 9.17) is 9.47 Å². The van der Waals surface area contributed by atoms with Crippen LogP contribution in [0.2, 0.25) is 0 Å². The molecule has 136 valence electrons. The highest BCUT2D eigenvalue weighted by Gasteiger charge is 2.11. The van der Waals surface area contributed by atoms with E-state index < -0.39 is 16.9 Å². The van der Waals surface area contributed by atoms with Gasteiger partial charge in [0, 0.05) is 12.1 Å². The molecule has 0 spiro atoms. The van der Waals surface area contributed by atoms with Gasteiger partial charge in [0.1, 0.15) is 6.61 Å². The zero-order valence-electron chi connectivity index (χ0n) is 14.4.